The third kappa shape index (κ3) is 1.35. The molecule has 0 fully saturated rings. The first-order valence-corrected chi connectivity index (χ1v) is 4.42. The SMILES string of the molecule is CCNC(=O)c1coc2ccncc12. The number of rotatable bonds is 2. The third-order valence-corrected chi connectivity index (χ3v) is 1.96. The van der Waals surface area contributed by atoms with Crippen LogP contribution in [0.15, 0.2) is 29.1 Å². The van der Waals surface area contributed by atoms with Crippen molar-refractivity contribution in [3.63, 3.8) is 0 Å². The van der Waals surface area contributed by atoms with E-state index < -0.39 is 0 Å². The first kappa shape index (κ1) is 8.74. The highest BCUT2D eigenvalue weighted by molar-refractivity contribution is 6.05. The second-order valence-corrected chi connectivity index (χ2v) is 2.88. The molecule has 2 heterocycles. The Hall–Kier alpha value is -1.84. The molecule has 14 heavy (non-hydrogen) atoms. The molecule has 1 amide bonds. The van der Waals surface area contributed by atoms with Gasteiger partial charge in [0.25, 0.3) is 5.91 Å². The number of furan rings is 1. The smallest absolute Gasteiger partial charge is 0.255 e. The molecule has 0 unspecified atom stereocenters. The predicted molar refractivity (Wildman–Crippen MR) is 52.0 cm³/mol. The van der Waals surface area contributed by atoms with Crippen molar-refractivity contribution < 1.29 is 9.21 Å². The van der Waals surface area contributed by atoms with Crippen molar-refractivity contribution in [1.82, 2.24) is 10.3 Å². The van der Waals surface area contributed by atoms with Crippen molar-refractivity contribution in [1.29, 1.82) is 0 Å². The highest BCUT2D eigenvalue weighted by Gasteiger charge is 2.12. The first-order chi connectivity index (χ1) is 6.83. The fourth-order valence-corrected chi connectivity index (χ4v) is 1.30. The molecule has 0 aliphatic carbocycles. The van der Waals surface area contributed by atoms with Crippen molar-refractivity contribution >= 4 is 16.9 Å². The summed E-state index contributed by atoms with van der Waals surface area (Å²) in [5.41, 5.74) is 1.22. The maximum atomic E-state index is 11.5. The Labute approximate surface area is 80.9 Å². The van der Waals surface area contributed by atoms with Gasteiger partial charge < -0.3 is 9.73 Å². The van der Waals surface area contributed by atoms with Gasteiger partial charge in [0.1, 0.15) is 11.8 Å². The minimum Gasteiger partial charge on any atom is -0.463 e. The number of aromatic nitrogens is 1. The van der Waals surface area contributed by atoms with Gasteiger partial charge in [-0.3, -0.25) is 9.78 Å². The van der Waals surface area contributed by atoms with Gasteiger partial charge in [0, 0.05) is 18.9 Å². The molecule has 2 aromatic rings. The highest BCUT2D eigenvalue weighted by Crippen LogP contribution is 2.19. The van der Waals surface area contributed by atoms with E-state index in [0.29, 0.717) is 17.7 Å². The number of hydrogen-bond donors (Lipinski definition) is 1. The summed E-state index contributed by atoms with van der Waals surface area (Å²) in [6.45, 7) is 2.48. The monoisotopic (exact) mass is 190 g/mol. The summed E-state index contributed by atoms with van der Waals surface area (Å²) in [7, 11) is 0. The third-order valence-electron chi connectivity index (χ3n) is 1.96. The fourth-order valence-electron chi connectivity index (χ4n) is 1.30. The zero-order valence-electron chi connectivity index (χ0n) is 7.78. The van der Waals surface area contributed by atoms with Crippen LogP contribution < -0.4 is 5.32 Å². The minimum absolute atomic E-state index is 0.126. The zero-order chi connectivity index (χ0) is 9.97. The van der Waals surface area contributed by atoms with Crippen LogP contribution >= 0.6 is 0 Å². The lowest BCUT2D eigenvalue weighted by atomic mass is 10.2. The maximum absolute atomic E-state index is 11.5. The number of carbonyl (C=O) groups excluding carboxylic acids is 1. The van der Waals surface area contributed by atoms with Crippen molar-refractivity contribution in [3.05, 3.63) is 30.3 Å². The van der Waals surface area contributed by atoms with Crippen LogP contribution in [-0.2, 0) is 0 Å². The molecular weight excluding hydrogens is 180 g/mol. The number of nitrogens with zero attached hydrogens (tertiary/aromatic N) is 1. The molecule has 0 radical (unpaired) electrons. The Bertz CT molecular complexity index is 462. The van der Waals surface area contributed by atoms with E-state index in [1.807, 2.05) is 6.92 Å². The lowest BCUT2D eigenvalue weighted by Gasteiger charge is -1.97. The van der Waals surface area contributed by atoms with E-state index in [0.717, 1.165) is 5.39 Å². The Morgan fingerprint density at radius 3 is 3.29 bits per heavy atom. The van der Waals surface area contributed by atoms with Crippen molar-refractivity contribution in [2.24, 2.45) is 0 Å². The van der Waals surface area contributed by atoms with E-state index in [-0.39, 0.29) is 5.91 Å². The van der Waals surface area contributed by atoms with Gasteiger partial charge in [0.05, 0.1) is 10.9 Å². The quantitative estimate of drug-likeness (QED) is 0.782. The number of pyridine rings is 1. The van der Waals surface area contributed by atoms with E-state index in [9.17, 15) is 4.79 Å². The van der Waals surface area contributed by atoms with E-state index in [1.165, 1.54) is 6.26 Å². The van der Waals surface area contributed by atoms with Crippen LogP contribution in [-0.4, -0.2) is 17.4 Å². The van der Waals surface area contributed by atoms with Crippen molar-refractivity contribution in [2.75, 3.05) is 6.54 Å². The molecule has 1 N–H and O–H groups in total. The summed E-state index contributed by atoms with van der Waals surface area (Å²) >= 11 is 0. The van der Waals surface area contributed by atoms with Crippen LogP contribution in [0.4, 0.5) is 0 Å². The van der Waals surface area contributed by atoms with Gasteiger partial charge in [-0.1, -0.05) is 0 Å². The molecule has 72 valence electrons. The minimum atomic E-state index is -0.126. The Morgan fingerprint density at radius 2 is 2.50 bits per heavy atom. The van der Waals surface area contributed by atoms with Gasteiger partial charge in [0.2, 0.25) is 0 Å². The summed E-state index contributed by atoms with van der Waals surface area (Å²) in [6.07, 6.45) is 4.72. The van der Waals surface area contributed by atoms with Crippen molar-refractivity contribution in [3.8, 4) is 0 Å². The summed E-state index contributed by atoms with van der Waals surface area (Å²) in [4.78, 5) is 15.5. The summed E-state index contributed by atoms with van der Waals surface area (Å²) in [5, 5.41) is 3.46. The number of nitrogens with one attached hydrogen (secondary N) is 1. The van der Waals surface area contributed by atoms with Crippen LogP contribution in [0.5, 0.6) is 0 Å². The molecule has 0 aliphatic rings. The van der Waals surface area contributed by atoms with Crippen LogP contribution in [0.2, 0.25) is 0 Å². The topological polar surface area (TPSA) is 55.1 Å². The zero-order valence-corrected chi connectivity index (χ0v) is 7.78. The largest absolute Gasteiger partial charge is 0.463 e. The van der Waals surface area contributed by atoms with Crippen LogP contribution in [0.1, 0.15) is 17.3 Å². The molecular formula is C10H10N2O2. The van der Waals surface area contributed by atoms with Gasteiger partial charge >= 0.3 is 0 Å². The predicted octanol–water partition coefficient (Wildman–Crippen LogP) is 1.58. The molecule has 4 heteroatoms. The van der Waals surface area contributed by atoms with Crippen LogP contribution in [0, 0.1) is 0 Å². The molecule has 0 spiro atoms. The first-order valence-electron chi connectivity index (χ1n) is 4.42. The summed E-state index contributed by atoms with van der Waals surface area (Å²) < 4.78 is 5.22. The molecule has 2 rings (SSSR count). The summed E-state index contributed by atoms with van der Waals surface area (Å²) in [5.74, 6) is -0.126. The molecule has 4 nitrogen and oxygen atoms in total. The lowest BCUT2D eigenvalue weighted by Crippen LogP contribution is -2.22. The number of amides is 1. The standard InChI is InChI=1S/C10H10N2O2/c1-2-12-10(13)8-6-14-9-3-4-11-5-7(8)9/h3-6H,2H2,1H3,(H,12,13). The molecule has 0 saturated carbocycles. The Morgan fingerprint density at radius 1 is 1.64 bits per heavy atom. The van der Waals surface area contributed by atoms with Gasteiger partial charge in [0.15, 0.2) is 0 Å². The highest BCUT2D eigenvalue weighted by atomic mass is 16.3. The molecule has 0 bridgehead atoms. The Balaban J connectivity index is 2.47. The average molecular weight is 190 g/mol. The summed E-state index contributed by atoms with van der Waals surface area (Å²) in [6, 6.07) is 1.73. The van der Waals surface area contributed by atoms with E-state index in [4.69, 9.17) is 4.42 Å². The van der Waals surface area contributed by atoms with E-state index in [1.54, 1.807) is 18.5 Å². The second kappa shape index (κ2) is 3.49. The van der Waals surface area contributed by atoms with E-state index in [2.05, 4.69) is 10.3 Å². The van der Waals surface area contributed by atoms with E-state index >= 15 is 0 Å². The fraction of sp³-hybridized carbons (Fsp3) is 0.200. The number of hydrogen-bond acceptors (Lipinski definition) is 3. The molecule has 0 atom stereocenters. The van der Waals surface area contributed by atoms with Crippen LogP contribution in [0.3, 0.4) is 0 Å². The normalized spacial score (nSPS) is 10.4. The molecule has 0 saturated heterocycles. The lowest BCUT2D eigenvalue weighted by molar-refractivity contribution is 0.0956. The molecule has 2 aromatic heterocycles. The van der Waals surface area contributed by atoms with Crippen LogP contribution in [0.25, 0.3) is 11.0 Å². The maximum Gasteiger partial charge on any atom is 0.255 e. The molecule has 0 aromatic carbocycles. The van der Waals surface area contributed by atoms with Gasteiger partial charge in [-0.15, -0.1) is 0 Å². The van der Waals surface area contributed by atoms with Gasteiger partial charge in [-0.25, -0.2) is 0 Å². The second-order valence-electron chi connectivity index (χ2n) is 2.88. The van der Waals surface area contributed by atoms with Gasteiger partial charge in [-0.05, 0) is 13.0 Å². The van der Waals surface area contributed by atoms with Gasteiger partial charge in [-0.2, -0.15) is 0 Å². The number of carbonyl (C=O) groups is 1. The Kier molecular flexibility index (Phi) is 2.18. The molecule has 0 aliphatic heterocycles. The van der Waals surface area contributed by atoms with Crippen molar-refractivity contribution in [2.45, 2.75) is 6.92 Å². The number of fused-ring (bicyclic) bond motifs is 1. The average Bonchev–Trinajstić information content (AvgIpc) is 2.61.